The Morgan fingerprint density at radius 2 is 2.00 bits per heavy atom. The molecule has 0 aliphatic rings. The van der Waals surface area contributed by atoms with Crippen LogP contribution in [-0.4, -0.2) is 10.9 Å². The van der Waals surface area contributed by atoms with Crippen molar-refractivity contribution in [3.05, 3.63) is 58.2 Å². The maximum atomic E-state index is 12.0. The molecule has 2 rings (SSSR count). The van der Waals surface area contributed by atoms with Crippen LogP contribution in [0.5, 0.6) is 0 Å². The molecule has 0 radical (unpaired) electrons. The van der Waals surface area contributed by atoms with E-state index in [-0.39, 0.29) is 5.91 Å². The first-order valence-corrected chi connectivity index (χ1v) is 5.95. The van der Waals surface area contributed by atoms with Gasteiger partial charge < -0.3 is 5.32 Å². The molecule has 0 saturated heterocycles. The lowest BCUT2D eigenvalue weighted by Gasteiger charge is -2.07. The lowest BCUT2D eigenvalue weighted by Crippen LogP contribution is -2.14. The second-order valence-electron chi connectivity index (χ2n) is 3.60. The van der Waals surface area contributed by atoms with Crippen molar-refractivity contribution in [3.63, 3.8) is 0 Å². The molecule has 3 nitrogen and oxygen atoms in total. The predicted octanol–water partition coefficient (Wildman–Crippen LogP) is 3.40. The normalized spacial score (nSPS) is 10.0. The number of hydrogen-bond donors (Lipinski definition) is 1. The van der Waals surface area contributed by atoms with Crippen LogP contribution in [0, 0.1) is 6.92 Å². The average molecular weight is 291 g/mol. The Balaban J connectivity index is 2.24. The summed E-state index contributed by atoms with van der Waals surface area (Å²) in [6.45, 7) is 1.91. The second-order valence-corrected chi connectivity index (χ2v) is 4.46. The molecule has 86 valence electrons. The molecule has 1 aromatic heterocycles. The van der Waals surface area contributed by atoms with E-state index in [4.69, 9.17) is 0 Å². The molecule has 0 saturated carbocycles. The molecule has 0 atom stereocenters. The van der Waals surface area contributed by atoms with Gasteiger partial charge in [-0.2, -0.15) is 0 Å². The summed E-state index contributed by atoms with van der Waals surface area (Å²) in [5, 5.41) is 2.77. The first-order valence-electron chi connectivity index (χ1n) is 5.16. The number of anilines is 1. The number of hydrogen-bond acceptors (Lipinski definition) is 2. The number of carbonyl (C=O) groups excluding carboxylic acids is 1. The van der Waals surface area contributed by atoms with E-state index in [2.05, 4.69) is 26.2 Å². The Bertz CT molecular complexity index is 555. The second kappa shape index (κ2) is 5.10. The van der Waals surface area contributed by atoms with Crippen molar-refractivity contribution >= 4 is 27.7 Å². The number of aromatic nitrogens is 1. The number of nitrogens with one attached hydrogen (secondary N) is 1. The van der Waals surface area contributed by atoms with Gasteiger partial charge >= 0.3 is 0 Å². The lowest BCUT2D eigenvalue weighted by molar-refractivity contribution is 0.102. The highest BCUT2D eigenvalue weighted by molar-refractivity contribution is 9.10. The summed E-state index contributed by atoms with van der Waals surface area (Å²) in [6, 6.07) is 11.1. The summed E-state index contributed by atoms with van der Waals surface area (Å²) in [5.74, 6) is 0.378. The standard InChI is InChI=1S/C13H11BrN2O/c1-9-5-2-3-6-10(9)13(17)16-12-11(14)7-4-8-15-12/h2-8H,1H3,(H,15,16,17). The average Bonchev–Trinajstić information content (AvgIpc) is 2.32. The highest BCUT2D eigenvalue weighted by atomic mass is 79.9. The van der Waals surface area contributed by atoms with E-state index in [0.29, 0.717) is 11.4 Å². The molecule has 0 aliphatic heterocycles. The number of aryl methyl sites for hydroxylation is 1. The molecule has 0 aliphatic carbocycles. The van der Waals surface area contributed by atoms with Gasteiger partial charge in [-0.05, 0) is 46.6 Å². The Labute approximate surface area is 108 Å². The van der Waals surface area contributed by atoms with E-state index < -0.39 is 0 Å². The third-order valence-corrected chi connectivity index (χ3v) is 3.02. The van der Waals surface area contributed by atoms with Gasteiger partial charge in [0.1, 0.15) is 5.82 Å². The molecule has 2 aromatic rings. The molecule has 1 aromatic carbocycles. The van der Waals surface area contributed by atoms with Crippen molar-refractivity contribution in [2.75, 3.05) is 5.32 Å². The van der Waals surface area contributed by atoms with Crippen LogP contribution in [0.4, 0.5) is 5.82 Å². The molecule has 1 amide bonds. The Hall–Kier alpha value is -1.68. The quantitative estimate of drug-likeness (QED) is 0.921. The Kier molecular flexibility index (Phi) is 3.54. The molecular weight excluding hydrogens is 280 g/mol. The summed E-state index contributed by atoms with van der Waals surface area (Å²) in [7, 11) is 0. The summed E-state index contributed by atoms with van der Waals surface area (Å²) >= 11 is 3.34. The zero-order chi connectivity index (χ0) is 12.3. The molecule has 4 heteroatoms. The SMILES string of the molecule is Cc1ccccc1C(=O)Nc1ncccc1Br. The summed E-state index contributed by atoms with van der Waals surface area (Å²) in [5.41, 5.74) is 1.60. The van der Waals surface area contributed by atoms with Crippen LogP contribution in [0.3, 0.4) is 0 Å². The number of halogens is 1. The summed E-state index contributed by atoms with van der Waals surface area (Å²) in [6.07, 6.45) is 1.64. The van der Waals surface area contributed by atoms with E-state index in [1.54, 1.807) is 18.3 Å². The van der Waals surface area contributed by atoms with Crippen molar-refractivity contribution in [1.29, 1.82) is 0 Å². The van der Waals surface area contributed by atoms with Crippen LogP contribution in [0.15, 0.2) is 47.1 Å². The largest absolute Gasteiger partial charge is 0.306 e. The molecular formula is C13H11BrN2O. The third-order valence-electron chi connectivity index (χ3n) is 2.38. The third kappa shape index (κ3) is 2.71. The number of pyridine rings is 1. The van der Waals surface area contributed by atoms with Crippen LogP contribution in [0.25, 0.3) is 0 Å². The number of amides is 1. The highest BCUT2D eigenvalue weighted by Gasteiger charge is 2.10. The molecule has 0 unspecified atom stereocenters. The summed E-state index contributed by atoms with van der Waals surface area (Å²) < 4.78 is 0.766. The first-order chi connectivity index (χ1) is 8.18. The van der Waals surface area contributed by atoms with Gasteiger partial charge in [-0.3, -0.25) is 4.79 Å². The molecule has 0 fully saturated rings. The van der Waals surface area contributed by atoms with Gasteiger partial charge in [-0.1, -0.05) is 18.2 Å². The van der Waals surface area contributed by atoms with Crippen molar-refractivity contribution in [2.24, 2.45) is 0 Å². The van der Waals surface area contributed by atoms with Gasteiger partial charge in [0.2, 0.25) is 0 Å². The van der Waals surface area contributed by atoms with Gasteiger partial charge in [-0.25, -0.2) is 4.98 Å². The fourth-order valence-corrected chi connectivity index (χ4v) is 1.83. The first kappa shape index (κ1) is 11.8. The fraction of sp³-hybridized carbons (Fsp3) is 0.0769. The van der Waals surface area contributed by atoms with Crippen LogP contribution in [0.2, 0.25) is 0 Å². The molecule has 0 bridgehead atoms. The highest BCUT2D eigenvalue weighted by Crippen LogP contribution is 2.19. The summed E-state index contributed by atoms with van der Waals surface area (Å²) in [4.78, 5) is 16.1. The van der Waals surface area contributed by atoms with Crippen molar-refractivity contribution in [2.45, 2.75) is 6.92 Å². The fourth-order valence-electron chi connectivity index (χ4n) is 1.48. The van der Waals surface area contributed by atoms with E-state index in [1.807, 2.05) is 31.2 Å². The predicted molar refractivity (Wildman–Crippen MR) is 71.1 cm³/mol. The minimum absolute atomic E-state index is 0.150. The van der Waals surface area contributed by atoms with Gasteiger partial charge in [-0.15, -0.1) is 0 Å². The number of carbonyl (C=O) groups is 1. The number of rotatable bonds is 2. The molecule has 1 heterocycles. The Morgan fingerprint density at radius 3 is 2.71 bits per heavy atom. The molecule has 0 spiro atoms. The van der Waals surface area contributed by atoms with Gasteiger partial charge in [0.25, 0.3) is 5.91 Å². The van der Waals surface area contributed by atoms with E-state index in [9.17, 15) is 4.79 Å². The van der Waals surface area contributed by atoms with Gasteiger partial charge in [0.05, 0.1) is 4.47 Å². The van der Waals surface area contributed by atoms with E-state index in [1.165, 1.54) is 0 Å². The smallest absolute Gasteiger partial charge is 0.257 e. The zero-order valence-electron chi connectivity index (χ0n) is 9.27. The minimum atomic E-state index is -0.150. The van der Waals surface area contributed by atoms with Gasteiger partial charge in [0, 0.05) is 11.8 Å². The van der Waals surface area contributed by atoms with Crippen molar-refractivity contribution in [1.82, 2.24) is 4.98 Å². The van der Waals surface area contributed by atoms with Crippen molar-refractivity contribution in [3.8, 4) is 0 Å². The lowest BCUT2D eigenvalue weighted by atomic mass is 10.1. The maximum Gasteiger partial charge on any atom is 0.257 e. The van der Waals surface area contributed by atoms with Crippen LogP contribution in [-0.2, 0) is 0 Å². The van der Waals surface area contributed by atoms with Crippen molar-refractivity contribution < 1.29 is 4.79 Å². The topological polar surface area (TPSA) is 42.0 Å². The van der Waals surface area contributed by atoms with Crippen LogP contribution < -0.4 is 5.32 Å². The zero-order valence-corrected chi connectivity index (χ0v) is 10.9. The minimum Gasteiger partial charge on any atom is -0.306 e. The van der Waals surface area contributed by atoms with E-state index >= 15 is 0 Å². The van der Waals surface area contributed by atoms with E-state index in [0.717, 1.165) is 10.0 Å². The van der Waals surface area contributed by atoms with Gasteiger partial charge in [0.15, 0.2) is 0 Å². The van der Waals surface area contributed by atoms with Crippen LogP contribution in [0.1, 0.15) is 15.9 Å². The Morgan fingerprint density at radius 1 is 1.24 bits per heavy atom. The van der Waals surface area contributed by atoms with Crippen LogP contribution >= 0.6 is 15.9 Å². The molecule has 17 heavy (non-hydrogen) atoms. The number of benzene rings is 1. The number of nitrogens with zero attached hydrogens (tertiary/aromatic N) is 1. The molecule has 1 N–H and O–H groups in total. The monoisotopic (exact) mass is 290 g/mol. The maximum absolute atomic E-state index is 12.0.